The van der Waals surface area contributed by atoms with Crippen LogP contribution in [0.4, 0.5) is 0 Å². The Hall–Kier alpha value is -2.35. The molecule has 3 aromatic rings. The Morgan fingerprint density at radius 3 is 1.89 bits per heavy atom. The van der Waals surface area contributed by atoms with Crippen LogP contribution in [-0.2, 0) is 18.3 Å². The number of hydrogen-bond acceptors (Lipinski definition) is 3. The van der Waals surface area contributed by atoms with Gasteiger partial charge < -0.3 is 0 Å². The fourth-order valence-electron chi connectivity index (χ4n) is 6.87. The lowest BCUT2D eigenvalue weighted by Gasteiger charge is -2.41. The number of aryl methyl sites for hydroxylation is 2. The molecule has 0 N–H and O–H groups in total. The molecule has 1 unspecified atom stereocenters. The zero-order valence-electron chi connectivity index (χ0n) is 21.5. The monoisotopic (exact) mass is 486 g/mol. The van der Waals surface area contributed by atoms with E-state index in [0.29, 0.717) is 0 Å². The minimum absolute atomic E-state index is 0.0333. The van der Waals surface area contributed by atoms with E-state index in [0.717, 1.165) is 50.1 Å². The molecule has 3 nitrogen and oxygen atoms in total. The third-order valence-corrected chi connectivity index (χ3v) is 12.0. The molecule has 1 heterocycles. The lowest BCUT2D eigenvalue weighted by atomic mass is 9.76. The van der Waals surface area contributed by atoms with Crippen molar-refractivity contribution in [1.29, 1.82) is 0 Å². The summed E-state index contributed by atoms with van der Waals surface area (Å²) in [5.41, 5.74) is 7.38. The summed E-state index contributed by atoms with van der Waals surface area (Å²) in [4.78, 5) is 0. The highest BCUT2D eigenvalue weighted by Crippen LogP contribution is 2.72. The average Bonchev–Trinajstić information content (AvgIpc) is 3.44. The van der Waals surface area contributed by atoms with E-state index in [2.05, 4.69) is 99.1 Å². The van der Waals surface area contributed by atoms with Gasteiger partial charge >= 0.3 is 7.87 Å². The van der Waals surface area contributed by atoms with Crippen LogP contribution in [0.5, 0.6) is 11.5 Å². The lowest BCUT2D eigenvalue weighted by Crippen LogP contribution is -2.39. The molecule has 1 spiro atoms. The molecular weight excluding hydrogens is 449 g/mol. The Morgan fingerprint density at radius 1 is 0.800 bits per heavy atom. The highest BCUT2D eigenvalue weighted by molar-refractivity contribution is 7.65. The third kappa shape index (κ3) is 3.39. The molecule has 35 heavy (non-hydrogen) atoms. The molecule has 0 radical (unpaired) electrons. The van der Waals surface area contributed by atoms with Crippen molar-refractivity contribution in [3.63, 3.8) is 0 Å². The van der Waals surface area contributed by atoms with Crippen molar-refractivity contribution in [2.45, 2.75) is 76.9 Å². The summed E-state index contributed by atoms with van der Waals surface area (Å²) in [6.45, 7) is 10.1. The molecule has 1 atom stereocenters. The highest BCUT2D eigenvalue weighted by atomic mass is 31.2. The molecule has 0 aromatic heterocycles. The van der Waals surface area contributed by atoms with Gasteiger partial charge in [-0.3, -0.25) is 9.05 Å². The van der Waals surface area contributed by atoms with E-state index in [1.54, 1.807) is 0 Å². The number of rotatable bonds is 6. The van der Waals surface area contributed by atoms with Crippen LogP contribution < -0.4 is 9.05 Å². The van der Waals surface area contributed by atoms with Gasteiger partial charge in [0.15, 0.2) is 17.2 Å². The number of benzene rings is 3. The van der Waals surface area contributed by atoms with Gasteiger partial charge in [-0.15, -0.1) is 4.67 Å². The summed E-state index contributed by atoms with van der Waals surface area (Å²) >= 11 is 0. The van der Waals surface area contributed by atoms with Crippen LogP contribution in [0.2, 0.25) is 0 Å². The van der Waals surface area contributed by atoms with E-state index in [4.69, 9.17) is 9.05 Å². The molecule has 3 aliphatic rings. The maximum Gasteiger partial charge on any atom is 0.441 e. The third-order valence-electron chi connectivity index (χ3n) is 8.48. The first-order valence-electron chi connectivity index (χ1n) is 13.3. The highest BCUT2D eigenvalue weighted by Gasteiger charge is 2.61. The summed E-state index contributed by atoms with van der Waals surface area (Å²) in [6, 6.07) is 24.5. The van der Waals surface area contributed by atoms with Crippen molar-refractivity contribution >= 4 is 7.87 Å². The van der Waals surface area contributed by atoms with Gasteiger partial charge in [-0.25, -0.2) is 0 Å². The van der Waals surface area contributed by atoms with E-state index in [1.807, 2.05) is 0 Å². The van der Waals surface area contributed by atoms with Crippen molar-refractivity contribution < 1.29 is 9.05 Å². The number of nitrogens with zero attached hydrogens (tertiary/aromatic N) is 1. The van der Waals surface area contributed by atoms with E-state index >= 15 is 0 Å². The summed E-state index contributed by atoms with van der Waals surface area (Å²) < 4.78 is 17.3. The van der Waals surface area contributed by atoms with E-state index in [9.17, 15) is 0 Å². The molecule has 182 valence electrons. The van der Waals surface area contributed by atoms with Crippen LogP contribution >= 0.6 is 7.87 Å². The Labute approximate surface area is 211 Å². The smallest absolute Gasteiger partial charge is 0.290 e. The first-order chi connectivity index (χ1) is 17.0. The van der Waals surface area contributed by atoms with Gasteiger partial charge in [0.2, 0.25) is 0 Å². The summed E-state index contributed by atoms with van der Waals surface area (Å²) in [6.07, 6.45) is 5.59. The average molecular weight is 487 g/mol. The molecule has 0 bridgehead atoms. The van der Waals surface area contributed by atoms with Crippen LogP contribution in [0.3, 0.4) is 0 Å². The SMILES string of the molecule is CCCN(C(C)c1ccccc1)[P+]1(C(C)C)Oc2cccc3c2C2(CC3)CCc3cccc(c32)O1. The Morgan fingerprint density at radius 2 is 1.37 bits per heavy atom. The van der Waals surface area contributed by atoms with Crippen LogP contribution in [0, 0.1) is 0 Å². The standard InChI is InChI=1S/C31H37NO2P/c1-5-21-32(23(4)24-11-7-6-8-12-24)35(22(2)3)33-27-15-9-13-25-17-19-31(29(25)27)20-18-26-14-10-16-28(34-35)30(26)31/h6-16,22-23H,5,17-21H2,1-4H3/q+1. The molecule has 3 aromatic carbocycles. The van der Waals surface area contributed by atoms with Crippen molar-refractivity contribution in [3.8, 4) is 11.5 Å². The Kier molecular flexibility index (Phi) is 5.70. The maximum absolute atomic E-state index is 7.36. The minimum Gasteiger partial charge on any atom is -0.290 e. The second-order valence-corrected chi connectivity index (χ2v) is 13.8. The van der Waals surface area contributed by atoms with Crippen molar-refractivity contribution in [2.24, 2.45) is 0 Å². The first kappa shape index (κ1) is 23.1. The topological polar surface area (TPSA) is 21.7 Å². The summed E-state index contributed by atoms with van der Waals surface area (Å²) in [7, 11) is -2.55. The predicted molar refractivity (Wildman–Crippen MR) is 145 cm³/mol. The van der Waals surface area contributed by atoms with Gasteiger partial charge in [0.1, 0.15) is 0 Å². The van der Waals surface area contributed by atoms with Gasteiger partial charge in [-0.05, 0) is 81.7 Å². The maximum atomic E-state index is 7.36. The van der Waals surface area contributed by atoms with Gasteiger partial charge in [-0.2, -0.15) is 0 Å². The van der Waals surface area contributed by atoms with Crippen LogP contribution in [0.25, 0.3) is 0 Å². The first-order valence-corrected chi connectivity index (χ1v) is 15.0. The van der Waals surface area contributed by atoms with Gasteiger partial charge in [0.05, 0.1) is 6.04 Å². The summed E-state index contributed by atoms with van der Waals surface area (Å²) in [5, 5.41) is 0. The molecule has 0 fully saturated rings. The molecular formula is C31H37NO2P+. The molecule has 6 rings (SSSR count). The van der Waals surface area contributed by atoms with Crippen molar-refractivity contribution in [1.82, 2.24) is 4.67 Å². The lowest BCUT2D eigenvalue weighted by molar-refractivity contribution is 0.266. The molecule has 1 aliphatic heterocycles. The van der Waals surface area contributed by atoms with Crippen molar-refractivity contribution in [3.05, 3.63) is 94.5 Å². The molecule has 2 aliphatic carbocycles. The predicted octanol–water partition coefficient (Wildman–Crippen LogP) is 8.28. The fraction of sp³-hybridized carbons (Fsp3) is 0.419. The minimum atomic E-state index is -2.55. The fourth-order valence-corrected chi connectivity index (χ4v) is 10.1. The van der Waals surface area contributed by atoms with E-state index in [-0.39, 0.29) is 17.1 Å². The van der Waals surface area contributed by atoms with Gasteiger partial charge in [-0.1, -0.05) is 61.5 Å². The van der Waals surface area contributed by atoms with Gasteiger partial charge in [0.25, 0.3) is 0 Å². The second kappa shape index (κ2) is 8.64. The molecule has 0 amide bonds. The van der Waals surface area contributed by atoms with E-state index in [1.165, 1.54) is 27.8 Å². The largest absolute Gasteiger partial charge is 0.441 e. The van der Waals surface area contributed by atoms with Crippen molar-refractivity contribution in [2.75, 3.05) is 6.54 Å². The normalized spacial score (nSPS) is 19.4. The van der Waals surface area contributed by atoms with Crippen LogP contribution in [0.1, 0.15) is 80.8 Å². The molecule has 0 saturated carbocycles. The van der Waals surface area contributed by atoms with Gasteiger partial charge in [0, 0.05) is 23.1 Å². The zero-order valence-corrected chi connectivity index (χ0v) is 22.4. The zero-order chi connectivity index (χ0) is 24.2. The quantitative estimate of drug-likeness (QED) is 0.327. The van der Waals surface area contributed by atoms with Crippen LogP contribution in [-0.4, -0.2) is 16.9 Å². The molecule has 0 saturated heterocycles. The second-order valence-electron chi connectivity index (χ2n) is 10.8. The van der Waals surface area contributed by atoms with E-state index < -0.39 is 7.87 Å². The Balaban J connectivity index is 1.59. The Bertz CT molecular complexity index is 1170. The molecule has 4 heteroatoms. The number of hydrogen-bond donors (Lipinski definition) is 0. The van der Waals surface area contributed by atoms with Crippen LogP contribution in [0.15, 0.2) is 66.7 Å². The summed E-state index contributed by atoms with van der Waals surface area (Å²) in [5.74, 6) is 2.12.